The zero-order valence-electron chi connectivity index (χ0n) is 14.4. The van der Waals surface area contributed by atoms with Crippen LogP contribution in [0.5, 0.6) is 5.75 Å². The van der Waals surface area contributed by atoms with Crippen molar-refractivity contribution in [3.05, 3.63) is 64.2 Å². The minimum Gasteiger partial charge on any atom is -0.497 e. The number of nitrogens with zero attached hydrogens (tertiary/aromatic N) is 1. The van der Waals surface area contributed by atoms with Crippen LogP contribution in [0.25, 0.3) is 0 Å². The quantitative estimate of drug-likeness (QED) is 0.533. The third-order valence-electron chi connectivity index (χ3n) is 3.74. The number of sulfonamides is 1. The average Bonchev–Trinajstić information content (AvgIpc) is 2.60. The average molecular weight is 380 g/mol. The van der Waals surface area contributed by atoms with E-state index in [1.54, 1.807) is 31.4 Å². The normalized spacial score (nSPS) is 13.8. The third-order valence-corrected chi connectivity index (χ3v) is 5.19. The van der Waals surface area contributed by atoms with Gasteiger partial charge in [-0.05, 0) is 30.7 Å². The monoisotopic (exact) mass is 380 g/mol. The van der Waals surface area contributed by atoms with E-state index in [9.17, 15) is 23.6 Å². The van der Waals surface area contributed by atoms with Gasteiger partial charge in [0.2, 0.25) is 10.0 Å². The fourth-order valence-corrected chi connectivity index (χ4v) is 3.74. The van der Waals surface area contributed by atoms with E-state index in [2.05, 4.69) is 4.72 Å². The number of para-hydroxylation sites is 1. The van der Waals surface area contributed by atoms with Gasteiger partial charge in [-0.15, -0.1) is 0 Å². The topological polar surface area (TPSA) is 119 Å². The molecule has 1 unspecified atom stereocenters. The Morgan fingerprint density at radius 2 is 1.81 bits per heavy atom. The Hall–Kier alpha value is -2.49. The first-order valence-electron chi connectivity index (χ1n) is 7.73. The molecule has 0 aliphatic rings. The van der Waals surface area contributed by atoms with Crippen LogP contribution < -0.4 is 9.46 Å². The van der Waals surface area contributed by atoms with E-state index in [1.165, 1.54) is 19.1 Å². The molecule has 0 radical (unpaired) electrons. The highest BCUT2D eigenvalue weighted by Gasteiger charge is 2.29. The fourth-order valence-electron chi connectivity index (χ4n) is 2.41. The standard InChI is InChI=1S/C17H20N2O6S/c1-17(20,11-13-7-9-14(25-2)10-8-13)12-18-26(23,24)16-6-4-3-5-15(16)19(21)22/h3-10,18,20H,11-12H2,1-2H3. The Morgan fingerprint density at radius 1 is 1.19 bits per heavy atom. The van der Waals surface area contributed by atoms with Gasteiger partial charge in [0.15, 0.2) is 4.90 Å². The molecule has 0 spiro atoms. The van der Waals surface area contributed by atoms with Crippen molar-refractivity contribution in [1.82, 2.24) is 4.72 Å². The molecule has 2 rings (SSSR count). The van der Waals surface area contributed by atoms with E-state index in [0.717, 1.165) is 17.7 Å². The smallest absolute Gasteiger partial charge is 0.289 e. The van der Waals surface area contributed by atoms with Gasteiger partial charge in [-0.2, -0.15) is 0 Å². The summed E-state index contributed by atoms with van der Waals surface area (Å²) in [4.78, 5) is 9.82. The highest BCUT2D eigenvalue weighted by Crippen LogP contribution is 2.23. The Labute approximate surface area is 151 Å². The van der Waals surface area contributed by atoms with Crippen molar-refractivity contribution in [2.75, 3.05) is 13.7 Å². The zero-order valence-corrected chi connectivity index (χ0v) is 15.2. The highest BCUT2D eigenvalue weighted by atomic mass is 32.2. The number of aliphatic hydroxyl groups is 1. The van der Waals surface area contributed by atoms with Gasteiger partial charge in [-0.25, -0.2) is 13.1 Å². The van der Waals surface area contributed by atoms with Gasteiger partial charge in [0.05, 0.1) is 17.6 Å². The number of ether oxygens (including phenoxy) is 1. The number of rotatable bonds is 8. The molecular weight excluding hydrogens is 360 g/mol. The SMILES string of the molecule is COc1ccc(CC(C)(O)CNS(=O)(=O)c2ccccc2[N+](=O)[O-])cc1. The van der Waals surface area contributed by atoms with Crippen molar-refractivity contribution in [1.29, 1.82) is 0 Å². The lowest BCUT2D eigenvalue weighted by atomic mass is 9.97. The summed E-state index contributed by atoms with van der Waals surface area (Å²) in [6.45, 7) is 1.19. The molecule has 1 atom stereocenters. The number of nitrogens with one attached hydrogen (secondary N) is 1. The van der Waals surface area contributed by atoms with Gasteiger partial charge in [0, 0.05) is 19.0 Å². The van der Waals surface area contributed by atoms with Crippen LogP contribution in [0.1, 0.15) is 12.5 Å². The summed E-state index contributed by atoms with van der Waals surface area (Å²) in [6.07, 6.45) is 0.191. The second-order valence-corrected chi connectivity index (χ2v) is 7.81. The molecule has 0 aliphatic carbocycles. The predicted molar refractivity (Wildman–Crippen MR) is 95.6 cm³/mol. The number of nitro benzene ring substituents is 1. The van der Waals surface area contributed by atoms with E-state index in [1.807, 2.05) is 0 Å². The Morgan fingerprint density at radius 3 is 2.38 bits per heavy atom. The highest BCUT2D eigenvalue weighted by molar-refractivity contribution is 7.89. The van der Waals surface area contributed by atoms with Gasteiger partial charge in [0.25, 0.3) is 5.69 Å². The molecule has 8 nitrogen and oxygen atoms in total. The molecule has 2 aromatic rings. The number of benzene rings is 2. The third kappa shape index (κ3) is 5.01. The number of hydrogen-bond donors (Lipinski definition) is 2. The van der Waals surface area contributed by atoms with Crippen LogP contribution in [-0.4, -0.2) is 37.7 Å². The molecule has 2 aromatic carbocycles. The molecule has 26 heavy (non-hydrogen) atoms. The maximum atomic E-state index is 12.4. The van der Waals surface area contributed by atoms with Gasteiger partial charge < -0.3 is 9.84 Å². The van der Waals surface area contributed by atoms with Gasteiger partial charge in [-0.3, -0.25) is 10.1 Å². The minimum absolute atomic E-state index is 0.191. The van der Waals surface area contributed by atoms with Gasteiger partial charge in [-0.1, -0.05) is 24.3 Å². The van der Waals surface area contributed by atoms with Crippen molar-refractivity contribution >= 4 is 15.7 Å². The van der Waals surface area contributed by atoms with Gasteiger partial charge in [0.1, 0.15) is 5.75 Å². The summed E-state index contributed by atoms with van der Waals surface area (Å²) < 4.78 is 32.1. The van der Waals surface area contributed by atoms with Crippen LogP contribution in [0.4, 0.5) is 5.69 Å². The zero-order chi connectivity index (χ0) is 19.4. The summed E-state index contributed by atoms with van der Waals surface area (Å²) in [7, 11) is -2.60. The lowest BCUT2D eigenvalue weighted by Crippen LogP contribution is -2.42. The number of methoxy groups -OCH3 is 1. The first-order chi connectivity index (χ1) is 12.1. The summed E-state index contributed by atoms with van der Waals surface area (Å²) in [5, 5.41) is 21.5. The lowest BCUT2D eigenvalue weighted by Gasteiger charge is -2.24. The molecule has 0 heterocycles. The van der Waals surface area contributed by atoms with E-state index >= 15 is 0 Å². The van der Waals surface area contributed by atoms with E-state index in [0.29, 0.717) is 5.75 Å². The maximum absolute atomic E-state index is 12.4. The summed E-state index contributed by atoms with van der Waals surface area (Å²) in [5.74, 6) is 0.672. The Kier molecular flexibility index (Phi) is 5.96. The lowest BCUT2D eigenvalue weighted by molar-refractivity contribution is -0.387. The second-order valence-electron chi connectivity index (χ2n) is 6.07. The largest absolute Gasteiger partial charge is 0.497 e. The molecule has 0 aliphatic heterocycles. The summed E-state index contributed by atoms with van der Waals surface area (Å²) >= 11 is 0. The Bertz CT molecular complexity index is 878. The molecule has 0 saturated heterocycles. The minimum atomic E-state index is -4.14. The van der Waals surface area contributed by atoms with E-state index in [4.69, 9.17) is 4.74 Å². The van der Waals surface area contributed by atoms with Crippen LogP contribution in [0.15, 0.2) is 53.4 Å². The van der Waals surface area contributed by atoms with Crippen LogP contribution in [0, 0.1) is 10.1 Å². The summed E-state index contributed by atoms with van der Waals surface area (Å²) in [6, 6.07) is 12.1. The molecule has 140 valence electrons. The van der Waals surface area contributed by atoms with Crippen LogP contribution >= 0.6 is 0 Å². The molecule has 0 amide bonds. The van der Waals surface area contributed by atoms with Crippen LogP contribution in [0.3, 0.4) is 0 Å². The molecule has 0 bridgehead atoms. The molecular formula is C17H20N2O6S. The van der Waals surface area contributed by atoms with Crippen molar-refractivity contribution in [2.45, 2.75) is 23.8 Å². The molecule has 0 fully saturated rings. The van der Waals surface area contributed by atoms with Crippen LogP contribution in [0.2, 0.25) is 0 Å². The number of hydrogen-bond acceptors (Lipinski definition) is 6. The fraction of sp³-hybridized carbons (Fsp3) is 0.294. The maximum Gasteiger partial charge on any atom is 0.289 e. The van der Waals surface area contributed by atoms with Crippen molar-refractivity contribution in [3.8, 4) is 5.75 Å². The first-order valence-corrected chi connectivity index (χ1v) is 9.21. The molecule has 0 saturated carbocycles. The predicted octanol–water partition coefficient (Wildman–Crippen LogP) is 1.88. The number of nitro groups is 1. The Balaban J connectivity index is 2.11. The molecule has 0 aromatic heterocycles. The van der Waals surface area contributed by atoms with Gasteiger partial charge >= 0.3 is 0 Å². The van der Waals surface area contributed by atoms with E-state index < -0.39 is 31.1 Å². The first kappa shape index (κ1) is 19.8. The molecule has 2 N–H and O–H groups in total. The van der Waals surface area contributed by atoms with Crippen LogP contribution in [-0.2, 0) is 16.4 Å². The summed E-state index contributed by atoms with van der Waals surface area (Å²) in [5.41, 5.74) is -1.11. The molecule has 9 heteroatoms. The van der Waals surface area contributed by atoms with Crippen molar-refractivity contribution < 1.29 is 23.2 Å². The van der Waals surface area contributed by atoms with E-state index in [-0.39, 0.29) is 13.0 Å². The van der Waals surface area contributed by atoms with Crippen molar-refractivity contribution in [2.24, 2.45) is 0 Å². The van der Waals surface area contributed by atoms with Crippen molar-refractivity contribution in [3.63, 3.8) is 0 Å². The second kappa shape index (κ2) is 7.81.